The molecule has 0 radical (unpaired) electrons. The first-order chi connectivity index (χ1) is 10.2. The molecule has 102 valence electrons. The highest BCUT2D eigenvalue weighted by molar-refractivity contribution is 7.98. The van der Waals surface area contributed by atoms with Gasteiger partial charge in [0.25, 0.3) is 0 Å². The van der Waals surface area contributed by atoms with Crippen LogP contribution in [0.5, 0.6) is 0 Å². The monoisotopic (exact) mass is 292 g/mol. The molecule has 0 unspecified atom stereocenters. The number of aromatic amines is 1. The summed E-state index contributed by atoms with van der Waals surface area (Å²) in [5, 5.41) is 9.77. The van der Waals surface area contributed by atoms with Gasteiger partial charge in [0, 0.05) is 33.1 Å². The first-order valence-corrected chi connectivity index (χ1v) is 7.66. The number of nitrogens with zero attached hydrogens (tertiary/aromatic N) is 1. The van der Waals surface area contributed by atoms with Gasteiger partial charge in [0.15, 0.2) is 5.78 Å². The lowest BCUT2D eigenvalue weighted by Gasteiger charge is -2.05. The van der Waals surface area contributed by atoms with Crippen LogP contribution in [0.25, 0.3) is 10.9 Å². The summed E-state index contributed by atoms with van der Waals surface area (Å²) in [5.41, 5.74) is 2.72. The first-order valence-electron chi connectivity index (χ1n) is 6.43. The molecule has 0 amide bonds. The predicted octanol–water partition coefficient (Wildman–Crippen LogP) is 3.99. The third-order valence-electron chi connectivity index (χ3n) is 3.41. The molecule has 3 nitrogen and oxygen atoms in total. The molecule has 0 aliphatic carbocycles. The van der Waals surface area contributed by atoms with Gasteiger partial charge in [-0.2, -0.15) is 5.26 Å². The molecule has 1 N–H and O–H groups in total. The highest BCUT2D eigenvalue weighted by atomic mass is 32.2. The molecule has 0 aliphatic rings. The summed E-state index contributed by atoms with van der Waals surface area (Å²) in [6.07, 6.45) is 3.67. The van der Waals surface area contributed by atoms with Crippen molar-refractivity contribution < 1.29 is 4.79 Å². The molecule has 3 aromatic rings. The van der Waals surface area contributed by atoms with E-state index in [-0.39, 0.29) is 5.78 Å². The number of hydrogen-bond donors (Lipinski definition) is 1. The molecule has 0 atom stereocenters. The van der Waals surface area contributed by atoms with Crippen molar-refractivity contribution in [2.24, 2.45) is 0 Å². The van der Waals surface area contributed by atoms with Crippen molar-refractivity contribution in [2.45, 2.75) is 4.90 Å². The molecule has 1 aromatic heterocycles. The van der Waals surface area contributed by atoms with Crippen LogP contribution < -0.4 is 0 Å². The second kappa shape index (κ2) is 5.47. The van der Waals surface area contributed by atoms with Crippen LogP contribution in [0.4, 0.5) is 0 Å². The van der Waals surface area contributed by atoms with Gasteiger partial charge in [-0.25, -0.2) is 0 Å². The van der Waals surface area contributed by atoms with Crippen molar-refractivity contribution in [3.8, 4) is 6.07 Å². The maximum absolute atomic E-state index is 12.8. The molecule has 0 aliphatic heterocycles. The van der Waals surface area contributed by atoms with Crippen LogP contribution in [-0.4, -0.2) is 17.0 Å². The molecule has 2 aromatic carbocycles. The molecule has 21 heavy (non-hydrogen) atoms. The van der Waals surface area contributed by atoms with Gasteiger partial charge in [-0.05, 0) is 30.5 Å². The predicted molar refractivity (Wildman–Crippen MR) is 84.7 cm³/mol. The lowest BCUT2D eigenvalue weighted by Crippen LogP contribution is -2.02. The molecule has 0 saturated heterocycles. The Labute approximate surface area is 126 Å². The van der Waals surface area contributed by atoms with E-state index in [1.54, 1.807) is 30.1 Å². The second-order valence-corrected chi connectivity index (χ2v) is 5.45. The van der Waals surface area contributed by atoms with Crippen molar-refractivity contribution in [3.05, 3.63) is 65.4 Å². The highest BCUT2D eigenvalue weighted by Gasteiger charge is 2.16. The van der Waals surface area contributed by atoms with Gasteiger partial charge in [0.1, 0.15) is 0 Å². The molecule has 0 spiro atoms. The Morgan fingerprint density at radius 2 is 2.00 bits per heavy atom. The molecule has 3 rings (SSSR count). The lowest BCUT2D eigenvalue weighted by atomic mass is 10.0. The van der Waals surface area contributed by atoms with E-state index in [0.717, 1.165) is 15.8 Å². The SMILES string of the molecule is CSc1ccccc1C(=O)c1c[nH]c2cc(C#N)ccc12. The smallest absolute Gasteiger partial charge is 0.196 e. The Morgan fingerprint density at radius 1 is 1.19 bits per heavy atom. The molecule has 4 heteroatoms. The van der Waals surface area contributed by atoms with Gasteiger partial charge in [0.2, 0.25) is 0 Å². The van der Waals surface area contributed by atoms with Crippen LogP contribution in [0.2, 0.25) is 0 Å². The third kappa shape index (κ3) is 2.32. The van der Waals surface area contributed by atoms with Crippen LogP contribution in [0.15, 0.2) is 53.6 Å². The zero-order valence-corrected chi connectivity index (χ0v) is 12.2. The summed E-state index contributed by atoms with van der Waals surface area (Å²) in [4.78, 5) is 16.8. The van der Waals surface area contributed by atoms with Gasteiger partial charge in [-0.15, -0.1) is 11.8 Å². The molecular formula is C17H12N2OS. The molecular weight excluding hydrogens is 280 g/mol. The number of ketones is 1. The van der Waals surface area contributed by atoms with Gasteiger partial charge >= 0.3 is 0 Å². The Balaban J connectivity index is 2.12. The molecule has 1 heterocycles. The van der Waals surface area contributed by atoms with Gasteiger partial charge in [-0.1, -0.05) is 18.2 Å². The van der Waals surface area contributed by atoms with E-state index in [0.29, 0.717) is 16.7 Å². The number of H-pyrrole nitrogens is 1. The topological polar surface area (TPSA) is 56.6 Å². The number of aromatic nitrogens is 1. The summed E-state index contributed by atoms with van der Waals surface area (Å²) in [7, 11) is 0. The maximum Gasteiger partial charge on any atom is 0.196 e. The van der Waals surface area contributed by atoms with E-state index >= 15 is 0 Å². The number of nitrogens with one attached hydrogen (secondary N) is 1. The van der Waals surface area contributed by atoms with Crippen LogP contribution in [0.3, 0.4) is 0 Å². The number of fused-ring (bicyclic) bond motifs is 1. The average molecular weight is 292 g/mol. The van der Waals surface area contributed by atoms with Crippen molar-refractivity contribution in [2.75, 3.05) is 6.26 Å². The van der Waals surface area contributed by atoms with E-state index in [1.165, 1.54) is 0 Å². The van der Waals surface area contributed by atoms with Crippen molar-refractivity contribution >= 4 is 28.4 Å². The van der Waals surface area contributed by atoms with Crippen LogP contribution in [-0.2, 0) is 0 Å². The number of carbonyl (C=O) groups excluding carboxylic acids is 1. The minimum absolute atomic E-state index is 0.00379. The maximum atomic E-state index is 12.8. The number of hydrogen-bond acceptors (Lipinski definition) is 3. The van der Waals surface area contributed by atoms with Gasteiger partial charge < -0.3 is 4.98 Å². The second-order valence-electron chi connectivity index (χ2n) is 4.60. The van der Waals surface area contributed by atoms with Crippen molar-refractivity contribution in [1.29, 1.82) is 5.26 Å². The minimum atomic E-state index is -0.00379. The standard InChI is InChI=1S/C17H12N2OS/c1-21-16-5-3-2-4-13(16)17(20)14-10-19-15-8-11(9-18)6-7-12(14)15/h2-8,10,19H,1H3. The summed E-state index contributed by atoms with van der Waals surface area (Å²) in [6, 6.07) is 15.0. The molecule has 0 fully saturated rings. The third-order valence-corrected chi connectivity index (χ3v) is 4.20. The summed E-state index contributed by atoms with van der Waals surface area (Å²) >= 11 is 1.56. The zero-order chi connectivity index (χ0) is 14.8. The van der Waals surface area contributed by atoms with E-state index in [4.69, 9.17) is 5.26 Å². The average Bonchev–Trinajstić information content (AvgIpc) is 2.97. The number of benzene rings is 2. The number of carbonyl (C=O) groups is 1. The van der Waals surface area contributed by atoms with Gasteiger partial charge in [0.05, 0.1) is 11.6 Å². The van der Waals surface area contributed by atoms with E-state index in [9.17, 15) is 4.79 Å². The summed E-state index contributed by atoms with van der Waals surface area (Å²) < 4.78 is 0. The summed E-state index contributed by atoms with van der Waals surface area (Å²) in [5.74, 6) is -0.00379. The van der Waals surface area contributed by atoms with Crippen LogP contribution in [0, 0.1) is 11.3 Å². The minimum Gasteiger partial charge on any atom is -0.360 e. The first kappa shape index (κ1) is 13.5. The number of rotatable bonds is 3. The fraction of sp³-hybridized carbons (Fsp3) is 0.0588. The number of thioether (sulfide) groups is 1. The fourth-order valence-electron chi connectivity index (χ4n) is 2.36. The van der Waals surface area contributed by atoms with E-state index in [1.807, 2.05) is 36.6 Å². The molecule has 0 bridgehead atoms. The quantitative estimate of drug-likeness (QED) is 0.586. The largest absolute Gasteiger partial charge is 0.360 e. The fourth-order valence-corrected chi connectivity index (χ4v) is 2.96. The van der Waals surface area contributed by atoms with Crippen molar-refractivity contribution in [3.63, 3.8) is 0 Å². The Kier molecular flexibility index (Phi) is 3.51. The highest BCUT2D eigenvalue weighted by Crippen LogP contribution is 2.26. The number of nitriles is 1. The van der Waals surface area contributed by atoms with Crippen LogP contribution >= 0.6 is 11.8 Å². The Hall–Kier alpha value is -2.51. The van der Waals surface area contributed by atoms with Crippen molar-refractivity contribution in [1.82, 2.24) is 4.98 Å². The van der Waals surface area contributed by atoms with Crippen LogP contribution in [0.1, 0.15) is 21.5 Å². The Morgan fingerprint density at radius 3 is 2.76 bits per heavy atom. The lowest BCUT2D eigenvalue weighted by molar-refractivity contribution is 0.103. The summed E-state index contributed by atoms with van der Waals surface area (Å²) in [6.45, 7) is 0. The van der Waals surface area contributed by atoms with Gasteiger partial charge in [-0.3, -0.25) is 4.79 Å². The Bertz CT molecular complexity index is 874. The normalized spacial score (nSPS) is 10.5. The molecule has 0 saturated carbocycles. The van der Waals surface area contributed by atoms with E-state index < -0.39 is 0 Å². The zero-order valence-electron chi connectivity index (χ0n) is 11.4. The van der Waals surface area contributed by atoms with E-state index in [2.05, 4.69) is 11.1 Å².